The van der Waals surface area contributed by atoms with Crippen LogP contribution in [0.3, 0.4) is 0 Å². The monoisotopic (exact) mass is 256 g/mol. The first-order chi connectivity index (χ1) is 6.79. The zero-order valence-electron chi connectivity index (χ0n) is 7.47. The van der Waals surface area contributed by atoms with Crippen LogP contribution in [0.2, 0.25) is 0 Å². The smallest absolute Gasteiger partial charge is 0.165 e. The lowest BCUT2D eigenvalue weighted by molar-refractivity contribution is 0.333. The van der Waals surface area contributed by atoms with E-state index < -0.39 is 0 Å². The Labute approximate surface area is 89.8 Å². The number of hydrogen-bond acceptors (Lipinski definition) is 3. The van der Waals surface area contributed by atoms with Crippen LogP contribution in [0.15, 0.2) is 4.47 Å². The van der Waals surface area contributed by atoms with Crippen molar-refractivity contribution in [2.24, 2.45) is 0 Å². The minimum absolute atomic E-state index is 0.271. The van der Waals surface area contributed by atoms with Gasteiger partial charge in [0.1, 0.15) is 5.75 Å². The second-order valence-electron chi connectivity index (χ2n) is 3.47. The maximum absolute atomic E-state index is 9.93. The number of phenols is 1. The number of rotatable bonds is 0. The lowest BCUT2D eigenvalue weighted by Crippen LogP contribution is -1.89. The molecule has 1 aromatic rings. The van der Waals surface area contributed by atoms with Crippen LogP contribution >= 0.6 is 15.9 Å². The van der Waals surface area contributed by atoms with Gasteiger partial charge in [0.2, 0.25) is 0 Å². The molecule has 74 valence electrons. The largest absolute Gasteiger partial charge is 0.504 e. The minimum atomic E-state index is 0.271. The van der Waals surface area contributed by atoms with E-state index in [1.807, 2.05) is 0 Å². The third kappa shape index (κ3) is 0.919. The van der Waals surface area contributed by atoms with Crippen LogP contribution in [0.4, 0.5) is 0 Å². The van der Waals surface area contributed by atoms with Crippen molar-refractivity contribution < 1.29 is 14.6 Å². The summed E-state index contributed by atoms with van der Waals surface area (Å²) < 4.78 is 11.8. The summed E-state index contributed by atoms with van der Waals surface area (Å²) in [6.45, 7) is 1.29. The van der Waals surface area contributed by atoms with Crippen LogP contribution in [0.1, 0.15) is 11.1 Å². The van der Waals surface area contributed by atoms with Crippen molar-refractivity contribution in [2.45, 2.75) is 12.8 Å². The van der Waals surface area contributed by atoms with Gasteiger partial charge in [-0.1, -0.05) is 0 Å². The summed E-state index contributed by atoms with van der Waals surface area (Å²) >= 11 is 3.50. The van der Waals surface area contributed by atoms with Gasteiger partial charge in [-0.05, 0) is 15.9 Å². The van der Waals surface area contributed by atoms with Crippen LogP contribution in [-0.2, 0) is 12.8 Å². The fraction of sp³-hybridized carbons (Fsp3) is 0.400. The predicted molar refractivity (Wildman–Crippen MR) is 54.2 cm³/mol. The summed E-state index contributed by atoms with van der Waals surface area (Å²) in [5.41, 5.74) is 1.90. The van der Waals surface area contributed by atoms with Crippen molar-refractivity contribution in [1.82, 2.24) is 0 Å². The van der Waals surface area contributed by atoms with Gasteiger partial charge in [0.25, 0.3) is 0 Å². The van der Waals surface area contributed by atoms with Crippen LogP contribution in [0, 0.1) is 0 Å². The average molecular weight is 257 g/mol. The molecule has 2 heterocycles. The van der Waals surface area contributed by atoms with E-state index in [2.05, 4.69) is 15.9 Å². The van der Waals surface area contributed by atoms with Gasteiger partial charge in [-0.25, -0.2) is 0 Å². The first-order valence-corrected chi connectivity index (χ1v) is 5.40. The Balaban J connectivity index is 2.33. The number of benzene rings is 1. The van der Waals surface area contributed by atoms with E-state index in [0.717, 1.165) is 34.2 Å². The van der Waals surface area contributed by atoms with E-state index in [1.165, 1.54) is 0 Å². The van der Waals surface area contributed by atoms with E-state index in [4.69, 9.17) is 9.47 Å². The van der Waals surface area contributed by atoms with E-state index in [1.54, 1.807) is 0 Å². The highest BCUT2D eigenvalue weighted by atomic mass is 79.9. The van der Waals surface area contributed by atoms with Crippen molar-refractivity contribution in [3.8, 4) is 17.2 Å². The van der Waals surface area contributed by atoms with Gasteiger partial charge < -0.3 is 14.6 Å². The maximum Gasteiger partial charge on any atom is 0.165 e. The molecule has 3 rings (SSSR count). The number of fused-ring (bicyclic) bond motifs is 2. The highest BCUT2D eigenvalue weighted by Gasteiger charge is 2.30. The van der Waals surface area contributed by atoms with Crippen LogP contribution < -0.4 is 9.47 Å². The molecule has 0 radical (unpaired) electrons. The summed E-state index contributed by atoms with van der Waals surface area (Å²) in [5.74, 6) is 1.71. The van der Waals surface area contributed by atoms with Crippen molar-refractivity contribution in [3.05, 3.63) is 15.6 Å². The molecule has 2 aliphatic heterocycles. The molecule has 0 bridgehead atoms. The van der Waals surface area contributed by atoms with Crippen molar-refractivity contribution in [2.75, 3.05) is 13.2 Å². The van der Waals surface area contributed by atoms with E-state index >= 15 is 0 Å². The number of aromatic hydroxyl groups is 1. The zero-order valence-corrected chi connectivity index (χ0v) is 9.06. The molecule has 0 unspecified atom stereocenters. The minimum Gasteiger partial charge on any atom is -0.504 e. The quantitative estimate of drug-likeness (QED) is 0.772. The third-order valence-electron chi connectivity index (χ3n) is 2.71. The van der Waals surface area contributed by atoms with E-state index in [9.17, 15) is 5.11 Å². The molecule has 2 aliphatic rings. The molecule has 1 aromatic carbocycles. The highest BCUT2D eigenvalue weighted by molar-refractivity contribution is 9.10. The summed E-state index contributed by atoms with van der Waals surface area (Å²) in [6, 6.07) is 0. The van der Waals surface area contributed by atoms with E-state index in [0.29, 0.717) is 19.0 Å². The molecule has 0 fully saturated rings. The standard InChI is InChI=1S/C10H9BrO3/c11-7-5-1-3-14-10(5)8(12)6-2-4-13-9(6)7/h12H,1-4H2. The first-order valence-electron chi connectivity index (χ1n) is 4.61. The lowest BCUT2D eigenvalue weighted by Gasteiger charge is -2.09. The second kappa shape index (κ2) is 2.79. The fourth-order valence-corrected chi connectivity index (χ4v) is 2.76. The summed E-state index contributed by atoms with van der Waals surface area (Å²) in [4.78, 5) is 0. The van der Waals surface area contributed by atoms with Gasteiger partial charge in [0.15, 0.2) is 11.5 Å². The SMILES string of the molecule is Oc1c2c(c(Br)c3c1OCC3)OCC2. The summed E-state index contributed by atoms with van der Waals surface area (Å²) in [7, 11) is 0. The zero-order chi connectivity index (χ0) is 9.71. The number of halogens is 1. The highest BCUT2D eigenvalue weighted by Crippen LogP contribution is 2.50. The molecular formula is C10H9BrO3. The van der Waals surface area contributed by atoms with Crippen LogP contribution in [0.5, 0.6) is 17.2 Å². The molecule has 0 saturated carbocycles. The molecule has 0 aromatic heterocycles. The molecule has 0 amide bonds. The van der Waals surface area contributed by atoms with Gasteiger partial charge in [-0.3, -0.25) is 0 Å². The molecular weight excluding hydrogens is 248 g/mol. The topological polar surface area (TPSA) is 38.7 Å². The molecule has 1 N–H and O–H groups in total. The number of phenolic OH excluding ortho intramolecular Hbond substituents is 1. The molecule has 0 atom stereocenters. The van der Waals surface area contributed by atoms with Crippen molar-refractivity contribution in [3.63, 3.8) is 0 Å². The molecule has 4 heteroatoms. The fourth-order valence-electron chi connectivity index (χ4n) is 2.03. The number of ether oxygens (including phenoxy) is 2. The molecule has 0 spiro atoms. The average Bonchev–Trinajstić information content (AvgIpc) is 2.82. The van der Waals surface area contributed by atoms with Crippen molar-refractivity contribution in [1.29, 1.82) is 0 Å². The van der Waals surface area contributed by atoms with Crippen molar-refractivity contribution >= 4 is 15.9 Å². The van der Waals surface area contributed by atoms with Crippen LogP contribution in [0.25, 0.3) is 0 Å². The molecule has 0 saturated heterocycles. The first kappa shape index (κ1) is 8.41. The number of hydrogen-bond donors (Lipinski definition) is 1. The van der Waals surface area contributed by atoms with Gasteiger partial charge in [0, 0.05) is 24.0 Å². The summed E-state index contributed by atoms with van der Waals surface area (Å²) in [5, 5.41) is 9.93. The van der Waals surface area contributed by atoms with Crippen LogP contribution in [-0.4, -0.2) is 18.3 Å². The predicted octanol–water partition coefficient (Wildman–Crippen LogP) is 2.02. The Hall–Kier alpha value is -0.900. The Bertz CT molecular complexity index is 342. The van der Waals surface area contributed by atoms with Gasteiger partial charge >= 0.3 is 0 Å². The third-order valence-corrected chi connectivity index (χ3v) is 3.55. The van der Waals surface area contributed by atoms with Gasteiger partial charge in [0.05, 0.1) is 17.7 Å². The summed E-state index contributed by atoms with van der Waals surface area (Å²) in [6.07, 6.45) is 1.59. The Morgan fingerprint density at radius 3 is 2.43 bits per heavy atom. The lowest BCUT2D eigenvalue weighted by atomic mass is 10.1. The Morgan fingerprint density at radius 1 is 1.00 bits per heavy atom. The second-order valence-corrected chi connectivity index (χ2v) is 4.27. The van der Waals surface area contributed by atoms with Gasteiger partial charge in [-0.2, -0.15) is 0 Å². The Morgan fingerprint density at radius 2 is 1.64 bits per heavy atom. The molecule has 3 nitrogen and oxygen atoms in total. The van der Waals surface area contributed by atoms with E-state index in [-0.39, 0.29) is 5.75 Å². The maximum atomic E-state index is 9.93. The molecule has 14 heavy (non-hydrogen) atoms. The Kier molecular flexibility index (Phi) is 1.68. The van der Waals surface area contributed by atoms with Gasteiger partial charge in [-0.15, -0.1) is 0 Å². The molecule has 0 aliphatic carbocycles. The normalized spacial score (nSPS) is 17.2.